The number of aliphatic hydroxyl groups is 1. The number of aryl methyl sites for hydroxylation is 1. The van der Waals surface area contributed by atoms with Crippen LogP contribution in [0.3, 0.4) is 0 Å². The number of carbonyl (C=O) groups excluding carboxylic acids is 2. The number of nitrogens with zero attached hydrogens (tertiary/aromatic N) is 1. The number of rotatable bonds is 8. The third kappa shape index (κ3) is 5.53. The van der Waals surface area contributed by atoms with Crippen molar-refractivity contribution < 1.29 is 24.2 Å². The summed E-state index contributed by atoms with van der Waals surface area (Å²) in [7, 11) is 0. The molecular weight excluding hydrogens is 466 g/mol. The lowest BCUT2D eigenvalue weighted by molar-refractivity contribution is -0.132. The van der Waals surface area contributed by atoms with E-state index in [9.17, 15) is 14.7 Å². The van der Waals surface area contributed by atoms with Gasteiger partial charge in [0.05, 0.1) is 23.8 Å². The Hall–Kier alpha value is -4.06. The van der Waals surface area contributed by atoms with Gasteiger partial charge in [0.1, 0.15) is 17.3 Å². The van der Waals surface area contributed by atoms with Gasteiger partial charge in [-0.1, -0.05) is 31.2 Å². The number of carbonyl (C=O) groups is 2. The quantitative estimate of drug-likeness (QED) is 0.219. The van der Waals surface area contributed by atoms with Crippen LogP contribution in [-0.2, 0) is 16.0 Å². The molecule has 3 aromatic rings. The van der Waals surface area contributed by atoms with E-state index in [2.05, 4.69) is 6.92 Å². The Kier molecular flexibility index (Phi) is 7.67. The molecule has 1 fully saturated rings. The molecule has 1 N–H and O–H groups in total. The van der Waals surface area contributed by atoms with E-state index in [4.69, 9.17) is 9.47 Å². The molecule has 3 aromatic carbocycles. The van der Waals surface area contributed by atoms with Gasteiger partial charge >= 0.3 is 0 Å². The highest BCUT2D eigenvalue weighted by Crippen LogP contribution is 2.42. The average molecular weight is 500 g/mol. The van der Waals surface area contributed by atoms with E-state index in [1.807, 2.05) is 52.0 Å². The Labute approximate surface area is 218 Å². The largest absolute Gasteiger partial charge is 0.507 e. The highest BCUT2D eigenvalue weighted by atomic mass is 16.5. The maximum atomic E-state index is 13.4. The van der Waals surface area contributed by atoms with E-state index in [-0.39, 0.29) is 23.5 Å². The number of amides is 1. The maximum Gasteiger partial charge on any atom is 0.300 e. The molecule has 1 unspecified atom stereocenters. The van der Waals surface area contributed by atoms with Crippen LogP contribution >= 0.6 is 0 Å². The summed E-state index contributed by atoms with van der Waals surface area (Å²) in [5.41, 5.74) is 2.90. The van der Waals surface area contributed by atoms with Crippen molar-refractivity contribution in [1.82, 2.24) is 0 Å². The lowest BCUT2D eigenvalue weighted by atomic mass is 9.94. The van der Waals surface area contributed by atoms with E-state index in [1.54, 1.807) is 48.5 Å². The summed E-state index contributed by atoms with van der Waals surface area (Å²) in [5, 5.41) is 11.3. The van der Waals surface area contributed by atoms with Gasteiger partial charge in [0, 0.05) is 11.3 Å². The Morgan fingerprint density at radius 1 is 0.811 bits per heavy atom. The lowest BCUT2D eigenvalue weighted by Crippen LogP contribution is -2.29. The van der Waals surface area contributed by atoms with Crippen LogP contribution in [0.15, 0.2) is 78.4 Å². The molecule has 37 heavy (non-hydrogen) atoms. The number of hydrogen-bond donors (Lipinski definition) is 1. The Morgan fingerprint density at radius 3 is 1.81 bits per heavy atom. The second kappa shape index (κ2) is 10.9. The van der Waals surface area contributed by atoms with Crippen LogP contribution in [-0.4, -0.2) is 29.0 Å². The molecule has 0 spiro atoms. The smallest absolute Gasteiger partial charge is 0.300 e. The first-order valence-electron chi connectivity index (χ1n) is 12.6. The molecule has 1 heterocycles. The second-order valence-electron chi connectivity index (χ2n) is 9.62. The SMILES string of the molecule is CCc1ccc(C2/C(=C(\O)c3ccc(OC(C)C)cc3)C(=O)C(=O)N2c2ccc(OC(C)C)cc2)cc1. The van der Waals surface area contributed by atoms with Crippen LogP contribution in [0.2, 0.25) is 0 Å². The fourth-order valence-electron chi connectivity index (χ4n) is 4.43. The summed E-state index contributed by atoms with van der Waals surface area (Å²) in [6, 6.07) is 20.9. The first kappa shape index (κ1) is 26.0. The van der Waals surface area contributed by atoms with Crippen LogP contribution in [0.4, 0.5) is 5.69 Å². The third-order valence-electron chi connectivity index (χ3n) is 6.13. The minimum atomic E-state index is -0.783. The van der Waals surface area contributed by atoms with Crippen molar-refractivity contribution in [2.75, 3.05) is 4.90 Å². The molecule has 0 aromatic heterocycles. The zero-order chi connectivity index (χ0) is 26.7. The zero-order valence-corrected chi connectivity index (χ0v) is 21.9. The normalized spacial score (nSPS) is 17.1. The molecule has 192 valence electrons. The van der Waals surface area contributed by atoms with Crippen LogP contribution in [0.25, 0.3) is 5.76 Å². The van der Waals surface area contributed by atoms with Gasteiger partial charge in [-0.2, -0.15) is 0 Å². The van der Waals surface area contributed by atoms with Crippen molar-refractivity contribution in [3.8, 4) is 11.5 Å². The fraction of sp³-hybridized carbons (Fsp3) is 0.290. The number of aliphatic hydroxyl groups excluding tert-OH is 1. The van der Waals surface area contributed by atoms with Crippen LogP contribution in [0, 0.1) is 0 Å². The van der Waals surface area contributed by atoms with Gasteiger partial charge in [0.2, 0.25) is 0 Å². The van der Waals surface area contributed by atoms with Gasteiger partial charge in [-0.3, -0.25) is 14.5 Å². The summed E-state index contributed by atoms with van der Waals surface area (Å²) < 4.78 is 11.4. The fourth-order valence-corrected chi connectivity index (χ4v) is 4.43. The highest BCUT2D eigenvalue weighted by molar-refractivity contribution is 6.51. The number of anilines is 1. The van der Waals surface area contributed by atoms with E-state index < -0.39 is 17.7 Å². The number of ether oxygens (including phenoxy) is 2. The van der Waals surface area contributed by atoms with E-state index in [1.165, 1.54) is 4.90 Å². The van der Waals surface area contributed by atoms with E-state index in [0.29, 0.717) is 22.7 Å². The topological polar surface area (TPSA) is 76.1 Å². The predicted octanol–water partition coefficient (Wildman–Crippen LogP) is 6.45. The van der Waals surface area contributed by atoms with Crippen molar-refractivity contribution >= 4 is 23.1 Å². The number of hydrogen-bond acceptors (Lipinski definition) is 5. The minimum Gasteiger partial charge on any atom is -0.507 e. The monoisotopic (exact) mass is 499 g/mol. The second-order valence-corrected chi connectivity index (χ2v) is 9.62. The molecule has 6 heteroatoms. The van der Waals surface area contributed by atoms with E-state index in [0.717, 1.165) is 17.5 Å². The summed E-state index contributed by atoms with van der Waals surface area (Å²) in [5.74, 6) is -0.318. The summed E-state index contributed by atoms with van der Waals surface area (Å²) in [6.45, 7) is 9.80. The molecule has 0 radical (unpaired) electrons. The van der Waals surface area contributed by atoms with Gasteiger partial charge < -0.3 is 14.6 Å². The van der Waals surface area contributed by atoms with Crippen molar-refractivity contribution in [3.05, 3.63) is 95.1 Å². The Balaban J connectivity index is 1.81. The third-order valence-corrected chi connectivity index (χ3v) is 6.13. The van der Waals surface area contributed by atoms with Gasteiger partial charge in [0.15, 0.2) is 0 Å². The van der Waals surface area contributed by atoms with Crippen LogP contribution in [0.1, 0.15) is 57.4 Å². The molecule has 0 aliphatic carbocycles. The van der Waals surface area contributed by atoms with Gasteiger partial charge in [-0.05, 0) is 93.8 Å². The van der Waals surface area contributed by atoms with Gasteiger partial charge in [0.25, 0.3) is 11.7 Å². The molecule has 1 amide bonds. The maximum absolute atomic E-state index is 13.4. The first-order chi connectivity index (χ1) is 17.7. The molecular formula is C31H33NO5. The predicted molar refractivity (Wildman–Crippen MR) is 145 cm³/mol. The number of Topliss-reactive ketones (excluding diaryl/α,β-unsaturated/α-hetero) is 1. The molecule has 1 aliphatic heterocycles. The minimum absolute atomic E-state index is 0.00758. The molecule has 0 bridgehead atoms. The molecule has 1 aliphatic rings. The molecule has 0 saturated carbocycles. The number of ketones is 1. The van der Waals surface area contributed by atoms with Crippen LogP contribution < -0.4 is 14.4 Å². The average Bonchev–Trinajstić information content (AvgIpc) is 3.14. The summed E-state index contributed by atoms with van der Waals surface area (Å²) in [6.07, 6.45) is 0.880. The molecule has 6 nitrogen and oxygen atoms in total. The summed E-state index contributed by atoms with van der Waals surface area (Å²) in [4.78, 5) is 28.2. The number of benzene rings is 3. The highest BCUT2D eigenvalue weighted by Gasteiger charge is 2.47. The molecule has 1 saturated heterocycles. The first-order valence-corrected chi connectivity index (χ1v) is 12.6. The van der Waals surface area contributed by atoms with Crippen molar-refractivity contribution in [2.45, 2.75) is 59.3 Å². The van der Waals surface area contributed by atoms with Crippen molar-refractivity contribution in [2.24, 2.45) is 0 Å². The van der Waals surface area contributed by atoms with Crippen LogP contribution in [0.5, 0.6) is 11.5 Å². The van der Waals surface area contributed by atoms with Crippen molar-refractivity contribution in [1.29, 1.82) is 0 Å². The Bertz CT molecular complexity index is 1290. The summed E-state index contributed by atoms with van der Waals surface area (Å²) >= 11 is 0. The molecule has 1 atom stereocenters. The van der Waals surface area contributed by atoms with Crippen molar-refractivity contribution in [3.63, 3.8) is 0 Å². The van der Waals surface area contributed by atoms with E-state index >= 15 is 0 Å². The Morgan fingerprint density at radius 2 is 1.32 bits per heavy atom. The van der Waals surface area contributed by atoms with Gasteiger partial charge in [-0.25, -0.2) is 0 Å². The lowest BCUT2D eigenvalue weighted by Gasteiger charge is -2.26. The van der Waals surface area contributed by atoms with Gasteiger partial charge in [-0.15, -0.1) is 0 Å². The zero-order valence-electron chi connectivity index (χ0n) is 21.9. The molecule has 4 rings (SSSR count). The standard InChI is InChI=1S/C31H33NO5/c1-6-21-7-9-22(10-8-21)28-27(29(33)23-11-15-25(16-12-23)36-19(2)3)30(34)31(35)32(28)24-13-17-26(18-14-24)37-20(4)5/h7-20,28,33H,6H2,1-5H3/b29-27+.